The Bertz CT molecular complexity index is 950. The number of amides is 1. The molecule has 0 N–H and O–H groups in total. The highest BCUT2D eigenvalue weighted by atomic mass is 32.1. The monoisotopic (exact) mass is 366 g/mol. The van der Waals surface area contributed by atoms with Crippen molar-refractivity contribution in [2.45, 2.75) is 32.7 Å². The van der Waals surface area contributed by atoms with Crippen molar-refractivity contribution in [2.75, 3.05) is 13.2 Å². The Morgan fingerprint density at radius 3 is 3.04 bits per heavy atom. The van der Waals surface area contributed by atoms with Gasteiger partial charge in [0.2, 0.25) is 0 Å². The Labute approximate surface area is 157 Å². The number of hydrogen-bond donors (Lipinski definition) is 0. The van der Waals surface area contributed by atoms with Gasteiger partial charge < -0.3 is 9.64 Å². The molecule has 3 aromatic rings. The van der Waals surface area contributed by atoms with E-state index in [2.05, 4.69) is 23.4 Å². The molecule has 0 saturated heterocycles. The van der Waals surface area contributed by atoms with Gasteiger partial charge in [-0.05, 0) is 48.9 Å². The summed E-state index contributed by atoms with van der Waals surface area (Å²) in [7, 11) is 0. The molecule has 1 aliphatic heterocycles. The van der Waals surface area contributed by atoms with Crippen LogP contribution in [0.15, 0.2) is 41.8 Å². The summed E-state index contributed by atoms with van der Waals surface area (Å²) in [5.41, 5.74) is 3.05. The van der Waals surface area contributed by atoms with E-state index in [1.54, 1.807) is 11.3 Å². The number of aryl methyl sites for hydroxylation is 1. The first-order chi connectivity index (χ1) is 12.7. The van der Waals surface area contributed by atoms with Crippen LogP contribution in [0.4, 0.5) is 0 Å². The molecular formula is C21H22N2O2S. The molecule has 2 aromatic heterocycles. The van der Waals surface area contributed by atoms with Crippen LogP contribution in [0.1, 0.15) is 35.5 Å². The van der Waals surface area contributed by atoms with Crippen molar-refractivity contribution >= 4 is 28.1 Å². The van der Waals surface area contributed by atoms with Crippen LogP contribution in [0.2, 0.25) is 0 Å². The van der Waals surface area contributed by atoms with Gasteiger partial charge in [0.25, 0.3) is 5.91 Å². The number of para-hydroxylation sites is 1. The molecule has 0 radical (unpaired) electrons. The van der Waals surface area contributed by atoms with Gasteiger partial charge in [0.15, 0.2) is 6.61 Å². The van der Waals surface area contributed by atoms with Crippen LogP contribution in [-0.4, -0.2) is 28.9 Å². The van der Waals surface area contributed by atoms with Crippen LogP contribution in [0.25, 0.3) is 10.9 Å². The van der Waals surface area contributed by atoms with Crippen LogP contribution >= 0.6 is 11.3 Å². The topological polar surface area (TPSA) is 42.4 Å². The first-order valence-corrected chi connectivity index (χ1v) is 9.90. The second-order valence-electron chi connectivity index (χ2n) is 6.63. The quantitative estimate of drug-likeness (QED) is 0.682. The molecule has 0 saturated carbocycles. The van der Waals surface area contributed by atoms with E-state index in [1.807, 2.05) is 42.2 Å². The van der Waals surface area contributed by atoms with Crippen molar-refractivity contribution in [3.63, 3.8) is 0 Å². The minimum atomic E-state index is 0.0401. The average Bonchev–Trinajstić information content (AvgIpc) is 3.14. The Hall–Kier alpha value is -2.40. The summed E-state index contributed by atoms with van der Waals surface area (Å²) in [6.07, 6.45) is 1.86. The maximum absolute atomic E-state index is 12.9. The summed E-state index contributed by atoms with van der Waals surface area (Å²) >= 11 is 1.79. The molecule has 0 bridgehead atoms. The molecule has 5 heteroatoms. The number of carbonyl (C=O) groups is 1. The number of pyridine rings is 1. The molecule has 1 aliphatic rings. The van der Waals surface area contributed by atoms with Crippen molar-refractivity contribution in [1.82, 2.24) is 9.88 Å². The molecule has 3 heterocycles. The van der Waals surface area contributed by atoms with Gasteiger partial charge in [-0.3, -0.25) is 4.79 Å². The van der Waals surface area contributed by atoms with Gasteiger partial charge in [-0.2, -0.15) is 0 Å². The molecule has 0 spiro atoms. The smallest absolute Gasteiger partial charge is 0.261 e. The van der Waals surface area contributed by atoms with E-state index in [0.717, 1.165) is 36.0 Å². The van der Waals surface area contributed by atoms with Gasteiger partial charge in [0.1, 0.15) is 11.3 Å². The number of thiophene rings is 1. The fraction of sp³-hybridized carbons (Fsp3) is 0.333. The Kier molecular flexibility index (Phi) is 4.64. The second-order valence-corrected chi connectivity index (χ2v) is 7.63. The number of rotatable bonds is 4. The Balaban J connectivity index is 1.52. The van der Waals surface area contributed by atoms with Crippen LogP contribution in [0, 0.1) is 6.92 Å². The minimum absolute atomic E-state index is 0.0401. The van der Waals surface area contributed by atoms with E-state index in [1.165, 1.54) is 10.4 Å². The number of carbonyl (C=O) groups excluding carboxylic acids is 1. The molecule has 4 nitrogen and oxygen atoms in total. The highest BCUT2D eigenvalue weighted by molar-refractivity contribution is 7.10. The minimum Gasteiger partial charge on any atom is -0.481 e. The van der Waals surface area contributed by atoms with Crippen molar-refractivity contribution in [1.29, 1.82) is 0 Å². The summed E-state index contributed by atoms with van der Waals surface area (Å²) in [6.45, 7) is 4.90. The van der Waals surface area contributed by atoms with Crippen LogP contribution in [-0.2, 0) is 11.2 Å². The number of nitrogens with zero attached hydrogens (tertiary/aromatic N) is 2. The molecule has 4 rings (SSSR count). The van der Waals surface area contributed by atoms with E-state index in [9.17, 15) is 4.79 Å². The third-order valence-corrected chi connectivity index (χ3v) is 5.97. The lowest BCUT2D eigenvalue weighted by Crippen LogP contribution is -2.41. The zero-order valence-electron chi connectivity index (χ0n) is 15.1. The van der Waals surface area contributed by atoms with Gasteiger partial charge in [-0.15, -0.1) is 11.3 Å². The van der Waals surface area contributed by atoms with E-state index in [0.29, 0.717) is 5.75 Å². The molecule has 0 fully saturated rings. The van der Waals surface area contributed by atoms with Crippen LogP contribution in [0.5, 0.6) is 5.75 Å². The number of aromatic nitrogens is 1. The lowest BCUT2D eigenvalue weighted by atomic mass is 9.98. The van der Waals surface area contributed by atoms with E-state index in [4.69, 9.17) is 4.74 Å². The second kappa shape index (κ2) is 7.08. The summed E-state index contributed by atoms with van der Waals surface area (Å²) in [4.78, 5) is 20.8. The fourth-order valence-corrected chi connectivity index (χ4v) is 4.62. The number of fused-ring (bicyclic) bond motifs is 2. The fourth-order valence-electron chi connectivity index (χ4n) is 3.69. The predicted octanol–water partition coefficient (Wildman–Crippen LogP) is 4.52. The van der Waals surface area contributed by atoms with E-state index >= 15 is 0 Å². The van der Waals surface area contributed by atoms with Gasteiger partial charge in [0.05, 0.1) is 6.04 Å². The maximum Gasteiger partial charge on any atom is 0.261 e. The first-order valence-electron chi connectivity index (χ1n) is 9.02. The molecule has 0 aliphatic carbocycles. The Morgan fingerprint density at radius 2 is 2.19 bits per heavy atom. The number of benzene rings is 1. The highest BCUT2D eigenvalue weighted by Crippen LogP contribution is 2.35. The van der Waals surface area contributed by atoms with Crippen LogP contribution < -0.4 is 4.74 Å². The summed E-state index contributed by atoms with van der Waals surface area (Å²) in [5.74, 6) is 0.708. The predicted molar refractivity (Wildman–Crippen MR) is 105 cm³/mol. The molecule has 1 aromatic carbocycles. The van der Waals surface area contributed by atoms with Gasteiger partial charge in [0, 0.05) is 22.5 Å². The molecule has 1 atom stereocenters. The molecular weight excluding hydrogens is 344 g/mol. The third kappa shape index (κ3) is 3.07. The van der Waals surface area contributed by atoms with Gasteiger partial charge >= 0.3 is 0 Å². The number of ether oxygens (including phenoxy) is 1. The third-order valence-electron chi connectivity index (χ3n) is 4.98. The van der Waals surface area contributed by atoms with E-state index in [-0.39, 0.29) is 18.6 Å². The largest absolute Gasteiger partial charge is 0.481 e. The van der Waals surface area contributed by atoms with Gasteiger partial charge in [-0.25, -0.2) is 4.98 Å². The maximum atomic E-state index is 12.9. The van der Waals surface area contributed by atoms with Crippen molar-refractivity contribution in [3.8, 4) is 5.75 Å². The SMILES string of the molecule is CCC1c2ccsc2CCN1C(=O)COc1cccc2ccc(C)nc12. The molecule has 1 unspecified atom stereocenters. The zero-order chi connectivity index (χ0) is 18.1. The van der Waals surface area contributed by atoms with Crippen molar-refractivity contribution in [2.24, 2.45) is 0 Å². The first kappa shape index (κ1) is 17.0. The van der Waals surface area contributed by atoms with Crippen molar-refractivity contribution in [3.05, 3.63) is 57.9 Å². The highest BCUT2D eigenvalue weighted by Gasteiger charge is 2.30. The summed E-state index contributed by atoms with van der Waals surface area (Å²) in [5, 5.41) is 3.15. The molecule has 1 amide bonds. The number of hydrogen-bond acceptors (Lipinski definition) is 4. The summed E-state index contributed by atoms with van der Waals surface area (Å²) in [6, 6.07) is 12.2. The average molecular weight is 366 g/mol. The van der Waals surface area contributed by atoms with Gasteiger partial charge in [-0.1, -0.05) is 25.1 Å². The zero-order valence-corrected chi connectivity index (χ0v) is 15.9. The van der Waals surface area contributed by atoms with Crippen molar-refractivity contribution < 1.29 is 9.53 Å². The van der Waals surface area contributed by atoms with E-state index < -0.39 is 0 Å². The standard InChI is InChI=1S/C21H22N2O2S/c1-3-17-16-10-12-26-19(16)9-11-23(17)20(24)13-25-18-6-4-5-15-8-7-14(2)22-21(15)18/h4-8,10,12,17H,3,9,11,13H2,1-2H3. The normalized spacial score (nSPS) is 16.5. The summed E-state index contributed by atoms with van der Waals surface area (Å²) < 4.78 is 5.90. The molecule has 134 valence electrons. The Morgan fingerprint density at radius 1 is 1.31 bits per heavy atom. The molecule has 26 heavy (non-hydrogen) atoms. The van der Waals surface area contributed by atoms with Crippen LogP contribution in [0.3, 0.4) is 0 Å². The lowest BCUT2D eigenvalue weighted by molar-refractivity contribution is -0.136. The lowest BCUT2D eigenvalue weighted by Gasteiger charge is -2.35.